The van der Waals surface area contributed by atoms with Crippen molar-refractivity contribution in [1.29, 1.82) is 0 Å². The molecule has 1 aliphatic rings. The summed E-state index contributed by atoms with van der Waals surface area (Å²) in [5.41, 5.74) is 2.12. The molecule has 21 heavy (non-hydrogen) atoms. The van der Waals surface area contributed by atoms with E-state index in [0.717, 1.165) is 34.7 Å². The van der Waals surface area contributed by atoms with Crippen LogP contribution < -0.4 is 5.32 Å². The van der Waals surface area contributed by atoms with Gasteiger partial charge in [-0.15, -0.1) is 0 Å². The van der Waals surface area contributed by atoms with Crippen LogP contribution in [0.3, 0.4) is 0 Å². The molecule has 0 radical (unpaired) electrons. The van der Waals surface area contributed by atoms with Gasteiger partial charge in [-0.05, 0) is 50.8 Å². The Labute approximate surface area is 136 Å². The standard InChI is InChI=1S/C16H23ClN2OS/c1-11(2)19-15(8-5-9-21-19)16(20)18-10-13-6-4-7-14(17)12(13)3/h4,6-7,11,15H,5,8-10H2,1-3H3,(H,18,20). The number of nitrogens with zero attached hydrogens (tertiary/aromatic N) is 1. The third kappa shape index (κ3) is 4.15. The molecular formula is C16H23ClN2OS. The fourth-order valence-electron chi connectivity index (χ4n) is 2.56. The molecule has 5 heteroatoms. The molecule has 1 aromatic carbocycles. The van der Waals surface area contributed by atoms with Crippen LogP contribution in [0.2, 0.25) is 5.02 Å². The highest BCUT2D eigenvalue weighted by atomic mass is 35.5. The summed E-state index contributed by atoms with van der Waals surface area (Å²) in [5.74, 6) is 1.23. The second kappa shape index (κ2) is 7.52. The summed E-state index contributed by atoms with van der Waals surface area (Å²) in [5, 5.41) is 3.82. The van der Waals surface area contributed by atoms with Crippen molar-refractivity contribution in [2.45, 2.75) is 52.2 Å². The van der Waals surface area contributed by atoms with E-state index in [-0.39, 0.29) is 11.9 Å². The zero-order chi connectivity index (χ0) is 15.4. The van der Waals surface area contributed by atoms with Crippen molar-refractivity contribution in [1.82, 2.24) is 9.62 Å². The summed E-state index contributed by atoms with van der Waals surface area (Å²) in [6.45, 7) is 6.80. The summed E-state index contributed by atoms with van der Waals surface area (Å²) in [4.78, 5) is 12.5. The molecule has 1 heterocycles. The number of benzene rings is 1. The second-order valence-electron chi connectivity index (χ2n) is 5.69. The minimum Gasteiger partial charge on any atom is -0.351 e. The van der Waals surface area contributed by atoms with Crippen LogP contribution in [0.1, 0.15) is 37.8 Å². The van der Waals surface area contributed by atoms with Crippen LogP contribution >= 0.6 is 23.5 Å². The summed E-state index contributed by atoms with van der Waals surface area (Å²) < 4.78 is 2.23. The Morgan fingerprint density at radius 1 is 1.52 bits per heavy atom. The maximum Gasteiger partial charge on any atom is 0.238 e. The van der Waals surface area contributed by atoms with E-state index in [2.05, 4.69) is 23.5 Å². The summed E-state index contributed by atoms with van der Waals surface area (Å²) in [7, 11) is 0. The van der Waals surface area contributed by atoms with Crippen molar-refractivity contribution >= 4 is 29.5 Å². The van der Waals surface area contributed by atoms with Gasteiger partial charge in [0.1, 0.15) is 0 Å². The Kier molecular flexibility index (Phi) is 5.97. The first-order chi connectivity index (χ1) is 10.0. The van der Waals surface area contributed by atoms with Crippen LogP contribution in [-0.2, 0) is 11.3 Å². The molecule has 1 unspecified atom stereocenters. The molecule has 3 nitrogen and oxygen atoms in total. The molecule has 116 valence electrons. The molecule has 0 aliphatic carbocycles. The highest BCUT2D eigenvalue weighted by Crippen LogP contribution is 2.28. The van der Waals surface area contributed by atoms with Gasteiger partial charge in [0.05, 0.1) is 6.04 Å². The number of carbonyl (C=O) groups excluding carboxylic acids is 1. The van der Waals surface area contributed by atoms with Gasteiger partial charge >= 0.3 is 0 Å². The Balaban J connectivity index is 1.99. The average Bonchev–Trinajstić information content (AvgIpc) is 2.48. The van der Waals surface area contributed by atoms with Gasteiger partial charge in [-0.2, -0.15) is 0 Å². The third-order valence-corrected chi connectivity index (χ3v) is 5.67. The molecule has 1 aliphatic heterocycles. The minimum atomic E-state index is -0.0248. The zero-order valence-corrected chi connectivity index (χ0v) is 14.4. The van der Waals surface area contributed by atoms with E-state index in [4.69, 9.17) is 11.6 Å². The number of halogens is 1. The van der Waals surface area contributed by atoms with Crippen molar-refractivity contribution in [3.63, 3.8) is 0 Å². The number of rotatable bonds is 4. The Bertz CT molecular complexity index is 507. The SMILES string of the molecule is Cc1c(Cl)cccc1CNC(=O)C1CCCSN1C(C)C. The Hall–Kier alpha value is -0.710. The van der Waals surface area contributed by atoms with E-state index < -0.39 is 0 Å². The molecule has 1 aromatic rings. The van der Waals surface area contributed by atoms with Crippen LogP contribution in [-0.4, -0.2) is 28.0 Å². The summed E-state index contributed by atoms with van der Waals surface area (Å²) >= 11 is 7.90. The fourth-order valence-corrected chi connectivity index (χ4v) is 3.94. The summed E-state index contributed by atoms with van der Waals surface area (Å²) in [6, 6.07) is 6.16. The van der Waals surface area contributed by atoms with E-state index in [1.54, 1.807) is 11.9 Å². The number of nitrogens with one attached hydrogen (secondary N) is 1. The van der Waals surface area contributed by atoms with Crippen LogP contribution in [0.4, 0.5) is 0 Å². The topological polar surface area (TPSA) is 32.3 Å². The lowest BCUT2D eigenvalue weighted by molar-refractivity contribution is -0.125. The molecule has 0 saturated carbocycles. The molecule has 1 saturated heterocycles. The molecule has 0 bridgehead atoms. The first kappa shape index (κ1) is 16.7. The number of hydrogen-bond donors (Lipinski definition) is 1. The van der Waals surface area contributed by atoms with Gasteiger partial charge in [0.15, 0.2) is 0 Å². The average molecular weight is 327 g/mol. The lowest BCUT2D eigenvalue weighted by atomic mass is 10.1. The van der Waals surface area contributed by atoms with Crippen molar-refractivity contribution in [2.24, 2.45) is 0 Å². The lowest BCUT2D eigenvalue weighted by Crippen LogP contribution is -2.48. The highest BCUT2D eigenvalue weighted by molar-refractivity contribution is 7.97. The molecule has 2 rings (SSSR count). The van der Waals surface area contributed by atoms with Gasteiger partial charge in [0.25, 0.3) is 0 Å². The van der Waals surface area contributed by atoms with Gasteiger partial charge in [0, 0.05) is 23.4 Å². The molecule has 0 aromatic heterocycles. The lowest BCUT2D eigenvalue weighted by Gasteiger charge is -2.36. The van der Waals surface area contributed by atoms with Crippen molar-refractivity contribution < 1.29 is 4.79 Å². The zero-order valence-electron chi connectivity index (χ0n) is 12.9. The predicted octanol–water partition coefficient (Wildman–Crippen LogP) is 3.79. The van der Waals surface area contributed by atoms with E-state index in [1.807, 2.05) is 25.1 Å². The quantitative estimate of drug-likeness (QED) is 0.854. The molecule has 1 amide bonds. The molecule has 1 atom stereocenters. The van der Waals surface area contributed by atoms with Gasteiger partial charge in [-0.1, -0.05) is 35.7 Å². The maximum atomic E-state index is 12.5. The Morgan fingerprint density at radius 2 is 2.29 bits per heavy atom. The van der Waals surface area contributed by atoms with Gasteiger partial charge in [-0.3, -0.25) is 4.79 Å². The van der Waals surface area contributed by atoms with E-state index in [1.165, 1.54) is 0 Å². The van der Waals surface area contributed by atoms with E-state index in [9.17, 15) is 4.79 Å². The molecule has 1 fully saturated rings. The maximum absolute atomic E-state index is 12.5. The van der Waals surface area contributed by atoms with Crippen LogP contribution in [0.25, 0.3) is 0 Å². The number of carbonyl (C=O) groups is 1. The first-order valence-electron chi connectivity index (χ1n) is 7.43. The second-order valence-corrected chi connectivity index (χ2v) is 7.18. The smallest absolute Gasteiger partial charge is 0.238 e. The van der Waals surface area contributed by atoms with Crippen molar-refractivity contribution in [2.75, 3.05) is 5.75 Å². The molecular weight excluding hydrogens is 304 g/mol. The minimum absolute atomic E-state index is 0.0248. The van der Waals surface area contributed by atoms with E-state index >= 15 is 0 Å². The van der Waals surface area contributed by atoms with Gasteiger partial charge in [-0.25, -0.2) is 4.31 Å². The normalized spacial score (nSPS) is 19.8. The van der Waals surface area contributed by atoms with Crippen LogP contribution in [0.5, 0.6) is 0 Å². The number of amides is 1. The van der Waals surface area contributed by atoms with Gasteiger partial charge < -0.3 is 5.32 Å². The Morgan fingerprint density at radius 3 is 3.00 bits per heavy atom. The predicted molar refractivity (Wildman–Crippen MR) is 90.5 cm³/mol. The highest BCUT2D eigenvalue weighted by Gasteiger charge is 2.30. The molecule has 0 spiro atoms. The summed E-state index contributed by atoms with van der Waals surface area (Å²) in [6.07, 6.45) is 2.04. The number of hydrogen-bond acceptors (Lipinski definition) is 3. The van der Waals surface area contributed by atoms with E-state index in [0.29, 0.717) is 12.6 Å². The van der Waals surface area contributed by atoms with Crippen LogP contribution in [0, 0.1) is 6.92 Å². The fraction of sp³-hybridized carbons (Fsp3) is 0.562. The monoisotopic (exact) mass is 326 g/mol. The third-order valence-electron chi connectivity index (χ3n) is 3.81. The largest absolute Gasteiger partial charge is 0.351 e. The van der Waals surface area contributed by atoms with Crippen LogP contribution in [0.15, 0.2) is 18.2 Å². The van der Waals surface area contributed by atoms with Crippen molar-refractivity contribution in [3.05, 3.63) is 34.3 Å². The van der Waals surface area contributed by atoms with Gasteiger partial charge in [0.2, 0.25) is 5.91 Å². The van der Waals surface area contributed by atoms with Crippen molar-refractivity contribution in [3.8, 4) is 0 Å². The first-order valence-corrected chi connectivity index (χ1v) is 8.75. The molecule has 1 N–H and O–H groups in total.